The number of anilines is 1. The summed E-state index contributed by atoms with van der Waals surface area (Å²) in [6, 6.07) is 4.35. The molecule has 1 unspecified atom stereocenters. The standard InChI is InChI=1S/C17H19F3N4O3/c1-11(25)7-8-23(2)16(27)15(26)22-13-9-21-24(10-13)14-5-3-12(4-6-14)17(18,19)20/h3-6,9-11,25H,7-8H2,1-2H3,(H,22,26). The van der Waals surface area contributed by atoms with E-state index in [1.165, 1.54) is 41.2 Å². The summed E-state index contributed by atoms with van der Waals surface area (Å²) in [4.78, 5) is 25.1. The minimum atomic E-state index is -4.43. The molecule has 0 aliphatic rings. The van der Waals surface area contributed by atoms with Gasteiger partial charge in [-0.25, -0.2) is 4.68 Å². The smallest absolute Gasteiger partial charge is 0.393 e. The molecular formula is C17H19F3N4O3. The summed E-state index contributed by atoms with van der Waals surface area (Å²) in [6.07, 6.45) is -2.03. The Balaban J connectivity index is 2.01. The van der Waals surface area contributed by atoms with Crippen LogP contribution in [-0.2, 0) is 15.8 Å². The Kier molecular flexibility index (Phi) is 6.21. The summed E-state index contributed by atoms with van der Waals surface area (Å²) < 4.78 is 39.0. The Hall–Kier alpha value is -2.88. The van der Waals surface area contributed by atoms with Crippen molar-refractivity contribution in [3.8, 4) is 5.69 Å². The Labute approximate surface area is 153 Å². The Morgan fingerprint density at radius 1 is 1.30 bits per heavy atom. The number of carbonyl (C=O) groups excluding carboxylic acids is 2. The van der Waals surface area contributed by atoms with Gasteiger partial charge in [-0.2, -0.15) is 18.3 Å². The first-order valence-corrected chi connectivity index (χ1v) is 8.04. The van der Waals surface area contributed by atoms with E-state index >= 15 is 0 Å². The third kappa shape index (κ3) is 5.55. The molecule has 1 atom stereocenters. The van der Waals surface area contributed by atoms with Gasteiger partial charge in [0.15, 0.2) is 0 Å². The third-order valence-corrected chi connectivity index (χ3v) is 3.72. The van der Waals surface area contributed by atoms with E-state index in [4.69, 9.17) is 0 Å². The zero-order valence-electron chi connectivity index (χ0n) is 14.7. The van der Waals surface area contributed by atoms with E-state index in [1.54, 1.807) is 6.92 Å². The van der Waals surface area contributed by atoms with Crippen LogP contribution in [0.25, 0.3) is 5.69 Å². The molecule has 0 aliphatic heterocycles. The molecule has 2 rings (SSSR count). The number of alkyl halides is 3. The van der Waals surface area contributed by atoms with Crippen LogP contribution < -0.4 is 5.32 Å². The van der Waals surface area contributed by atoms with E-state index in [-0.39, 0.29) is 12.2 Å². The molecule has 0 fully saturated rings. The second-order valence-electron chi connectivity index (χ2n) is 6.04. The van der Waals surface area contributed by atoms with Gasteiger partial charge in [-0.15, -0.1) is 0 Å². The second-order valence-corrected chi connectivity index (χ2v) is 6.04. The highest BCUT2D eigenvalue weighted by atomic mass is 19.4. The van der Waals surface area contributed by atoms with Crippen LogP contribution in [0.1, 0.15) is 18.9 Å². The maximum absolute atomic E-state index is 12.6. The van der Waals surface area contributed by atoms with Crippen LogP contribution in [0.15, 0.2) is 36.7 Å². The molecule has 1 aromatic heterocycles. The van der Waals surface area contributed by atoms with Crippen LogP contribution in [0, 0.1) is 0 Å². The number of aliphatic hydroxyl groups excluding tert-OH is 1. The van der Waals surface area contributed by atoms with Crippen molar-refractivity contribution in [3.05, 3.63) is 42.2 Å². The normalized spacial score (nSPS) is 12.5. The third-order valence-electron chi connectivity index (χ3n) is 3.72. The van der Waals surface area contributed by atoms with Gasteiger partial charge in [0.05, 0.1) is 35.4 Å². The van der Waals surface area contributed by atoms with Crippen LogP contribution in [0.4, 0.5) is 18.9 Å². The number of aromatic nitrogens is 2. The highest BCUT2D eigenvalue weighted by Gasteiger charge is 2.30. The molecule has 146 valence electrons. The van der Waals surface area contributed by atoms with Gasteiger partial charge in [0.25, 0.3) is 0 Å². The quantitative estimate of drug-likeness (QED) is 0.773. The first kappa shape index (κ1) is 20.4. The predicted molar refractivity (Wildman–Crippen MR) is 91.1 cm³/mol. The zero-order valence-corrected chi connectivity index (χ0v) is 14.7. The Morgan fingerprint density at radius 3 is 2.48 bits per heavy atom. The summed E-state index contributed by atoms with van der Waals surface area (Å²) >= 11 is 0. The average Bonchev–Trinajstić information content (AvgIpc) is 3.06. The van der Waals surface area contributed by atoms with Crippen LogP contribution in [0.5, 0.6) is 0 Å². The summed E-state index contributed by atoms with van der Waals surface area (Å²) in [7, 11) is 1.44. The van der Waals surface area contributed by atoms with Crippen molar-refractivity contribution >= 4 is 17.5 Å². The number of nitrogens with one attached hydrogen (secondary N) is 1. The number of likely N-dealkylation sites (N-methyl/N-ethyl adjacent to an activating group) is 1. The monoisotopic (exact) mass is 384 g/mol. The fraction of sp³-hybridized carbons (Fsp3) is 0.353. The number of halogens is 3. The number of carbonyl (C=O) groups is 2. The lowest BCUT2D eigenvalue weighted by molar-refractivity contribution is -0.142. The van der Waals surface area contributed by atoms with Crippen molar-refractivity contribution in [3.63, 3.8) is 0 Å². The minimum Gasteiger partial charge on any atom is -0.393 e. The van der Waals surface area contributed by atoms with Crippen molar-refractivity contribution in [2.24, 2.45) is 0 Å². The number of hydrogen-bond acceptors (Lipinski definition) is 4. The first-order chi connectivity index (χ1) is 12.6. The largest absolute Gasteiger partial charge is 0.416 e. The maximum atomic E-state index is 12.6. The Morgan fingerprint density at radius 2 is 1.93 bits per heavy atom. The molecule has 0 aliphatic carbocycles. The van der Waals surface area contributed by atoms with Crippen LogP contribution in [0.3, 0.4) is 0 Å². The van der Waals surface area contributed by atoms with Gasteiger partial charge in [-0.1, -0.05) is 0 Å². The van der Waals surface area contributed by atoms with Crippen molar-refractivity contribution in [1.29, 1.82) is 0 Å². The van der Waals surface area contributed by atoms with E-state index in [9.17, 15) is 27.9 Å². The topological polar surface area (TPSA) is 87.5 Å². The van der Waals surface area contributed by atoms with Crippen molar-refractivity contribution < 1.29 is 27.9 Å². The lowest BCUT2D eigenvalue weighted by Gasteiger charge is -2.17. The number of nitrogens with zero attached hydrogens (tertiary/aromatic N) is 3. The summed E-state index contributed by atoms with van der Waals surface area (Å²) in [5.74, 6) is -1.66. The molecule has 1 heterocycles. The summed E-state index contributed by atoms with van der Waals surface area (Å²) in [5.41, 5.74) is -0.196. The van der Waals surface area contributed by atoms with Gasteiger partial charge in [0.2, 0.25) is 0 Å². The van der Waals surface area contributed by atoms with Gasteiger partial charge in [0, 0.05) is 13.6 Å². The maximum Gasteiger partial charge on any atom is 0.416 e. The molecule has 1 aromatic carbocycles. The highest BCUT2D eigenvalue weighted by Crippen LogP contribution is 2.29. The van der Waals surface area contributed by atoms with Crippen LogP contribution >= 0.6 is 0 Å². The van der Waals surface area contributed by atoms with Gasteiger partial charge < -0.3 is 15.3 Å². The molecule has 2 amide bonds. The van der Waals surface area contributed by atoms with Crippen LogP contribution in [0.2, 0.25) is 0 Å². The van der Waals surface area contributed by atoms with Crippen molar-refractivity contribution in [2.75, 3.05) is 18.9 Å². The van der Waals surface area contributed by atoms with Gasteiger partial charge in [-0.05, 0) is 37.6 Å². The SMILES string of the molecule is CC(O)CCN(C)C(=O)C(=O)Nc1cnn(-c2ccc(C(F)(F)F)cc2)c1. The molecular weight excluding hydrogens is 365 g/mol. The number of amides is 2. The molecule has 0 spiro atoms. The van der Waals surface area contributed by atoms with Gasteiger partial charge in [-0.3, -0.25) is 9.59 Å². The molecule has 7 nitrogen and oxygen atoms in total. The lowest BCUT2D eigenvalue weighted by atomic mass is 10.2. The predicted octanol–water partition coefficient (Wildman–Crippen LogP) is 2.06. The van der Waals surface area contributed by atoms with Crippen LogP contribution in [-0.4, -0.2) is 51.3 Å². The molecule has 0 radical (unpaired) electrons. The van der Waals surface area contributed by atoms with Gasteiger partial charge >= 0.3 is 18.0 Å². The number of benzene rings is 1. The molecule has 0 saturated heterocycles. The molecule has 2 N–H and O–H groups in total. The summed E-state index contributed by atoms with van der Waals surface area (Å²) in [6.45, 7) is 1.79. The Bertz CT molecular complexity index is 801. The van der Waals surface area contributed by atoms with Crippen molar-refractivity contribution in [1.82, 2.24) is 14.7 Å². The molecule has 0 saturated carbocycles. The van der Waals surface area contributed by atoms with E-state index in [0.717, 1.165) is 12.1 Å². The molecule has 2 aromatic rings. The van der Waals surface area contributed by atoms with E-state index in [0.29, 0.717) is 12.1 Å². The number of rotatable bonds is 5. The molecule has 10 heteroatoms. The molecule has 27 heavy (non-hydrogen) atoms. The zero-order chi connectivity index (χ0) is 20.2. The fourth-order valence-corrected chi connectivity index (χ4v) is 2.17. The first-order valence-electron chi connectivity index (χ1n) is 8.04. The number of aliphatic hydroxyl groups is 1. The summed E-state index contributed by atoms with van der Waals surface area (Å²) in [5, 5.41) is 15.6. The number of hydrogen-bond donors (Lipinski definition) is 2. The fourth-order valence-electron chi connectivity index (χ4n) is 2.17. The van der Waals surface area contributed by atoms with E-state index < -0.39 is 29.7 Å². The second kappa shape index (κ2) is 8.21. The lowest BCUT2D eigenvalue weighted by Crippen LogP contribution is -2.38. The van der Waals surface area contributed by atoms with Crippen molar-refractivity contribution in [2.45, 2.75) is 25.6 Å². The van der Waals surface area contributed by atoms with E-state index in [2.05, 4.69) is 10.4 Å². The average molecular weight is 384 g/mol. The van der Waals surface area contributed by atoms with E-state index in [1.807, 2.05) is 0 Å². The highest BCUT2D eigenvalue weighted by molar-refractivity contribution is 6.39. The van der Waals surface area contributed by atoms with Gasteiger partial charge in [0.1, 0.15) is 0 Å². The molecule has 0 bridgehead atoms. The minimum absolute atomic E-state index is 0.217.